The van der Waals surface area contributed by atoms with Crippen LogP contribution in [0.25, 0.3) is 0 Å². The molecular weight excluding hydrogens is 1230 g/mol. The molecule has 0 aromatic rings. The molecule has 0 aliphatic rings. The van der Waals surface area contributed by atoms with Crippen molar-refractivity contribution in [3.8, 4) is 0 Å². The zero-order valence-electron chi connectivity index (χ0n) is 60.9. The zero-order valence-corrected chi connectivity index (χ0v) is 62.7. The van der Waals surface area contributed by atoms with Gasteiger partial charge in [0.15, 0.2) is 12.2 Å². The Morgan fingerprint density at radius 2 is 0.426 bits per heavy atom. The van der Waals surface area contributed by atoms with Crippen molar-refractivity contribution in [2.75, 3.05) is 39.6 Å². The van der Waals surface area contributed by atoms with Crippen LogP contribution in [0.15, 0.2) is 0 Å². The Bertz CT molecular complexity index is 1790. The van der Waals surface area contributed by atoms with E-state index in [4.69, 9.17) is 37.0 Å². The van der Waals surface area contributed by atoms with Gasteiger partial charge in [0.2, 0.25) is 0 Å². The molecule has 0 rings (SSSR count). The molecule has 5 atom stereocenters. The maximum absolute atomic E-state index is 13.1. The van der Waals surface area contributed by atoms with Crippen molar-refractivity contribution < 1.29 is 80.2 Å². The summed E-state index contributed by atoms with van der Waals surface area (Å²) in [4.78, 5) is 72.6. The fourth-order valence-corrected chi connectivity index (χ4v) is 13.2. The summed E-state index contributed by atoms with van der Waals surface area (Å²) in [7, 11) is -9.90. The molecule has 0 radical (unpaired) electrons. The van der Waals surface area contributed by atoms with Crippen molar-refractivity contribution >= 4 is 39.5 Å². The van der Waals surface area contributed by atoms with Crippen LogP contribution in [0.5, 0.6) is 0 Å². The van der Waals surface area contributed by atoms with E-state index >= 15 is 0 Å². The third-order valence-electron chi connectivity index (χ3n) is 17.6. The molecule has 17 nitrogen and oxygen atoms in total. The minimum atomic E-state index is -4.95. The van der Waals surface area contributed by atoms with E-state index < -0.39 is 97.5 Å². The molecule has 0 aromatic carbocycles. The van der Waals surface area contributed by atoms with Crippen molar-refractivity contribution in [1.82, 2.24) is 0 Å². The van der Waals surface area contributed by atoms with Gasteiger partial charge in [0, 0.05) is 25.7 Å². The van der Waals surface area contributed by atoms with Gasteiger partial charge in [0.25, 0.3) is 0 Å². The normalized spacial score (nSPS) is 13.9. The molecule has 0 saturated heterocycles. The lowest BCUT2D eigenvalue weighted by molar-refractivity contribution is -0.161. The van der Waals surface area contributed by atoms with E-state index in [0.717, 1.165) is 96.3 Å². The van der Waals surface area contributed by atoms with Gasteiger partial charge < -0.3 is 33.8 Å². The van der Waals surface area contributed by atoms with Crippen molar-refractivity contribution in [2.24, 2.45) is 0 Å². The van der Waals surface area contributed by atoms with E-state index in [1.807, 2.05) is 0 Å². The van der Waals surface area contributed by atoms with Crippen LogP contribution in [0.3, 0.4) is 0 Å². The van der Waals surface area contributed by atoms with E-state index in [1.54, 1.807) is 0 Å². The molecule has 0 fully saturated rings. The highest BCUT2D eigenvalue weighted by Crippen LogP contribution is 2.45. The topological polar surface area (TPSA) is 237 Å². The summed E-state index contributed by atoms with van der Waals surface area (Å²) in [5.74, 6) is -2.12. The second-order valence-corrected chi connectivity index (χ2v) is 29.9. The first-order chi connectivity index (χ1) is 45.7. The van der Waals surface area contributed by atoms with Crippen LogP contribution in [0.4, 0.5) is 0 Å². The summed E-state index contributed by atoms with van der Waals surface area (Å²) < 4.78 is 68.4. The maximum Gasteiger partial charge on any atom is 0.472 e. The summed E-state index contributed by atoms with van der Waals surface area (Å²) in [6, 6.07) is 0. The smallest absolute Gasteiger partial charge is 0.462 e. The molecule has 0 heterocycles. The Labute approximate surface area is 575 Å². The highest BCUT2D eigenvalue weighted by atomic mass is 31.2. The Balaban J connectivity index is 5.19. The molecule has 0 amide bonds. The van der Waals surface area contributed by atoms with Crippen LogP contribution in [-0.4, -0.2) is 96.7 Å². The van der Waals surface area contributed by atoms with Crippen LogP contribution >= 0.6 is 15.6 Å². The lowest BCUT2D eigenvalue weighted by Gasteiger charge is -2.21. The molecule has 94 heavy (non-hydrogen) atoms. The summed E-state index contributed by atoms with van der Waals surface area (Å²) >= 11 is 0. The van der Waals surface area contributed by atoms with Gasteiger partial charge in [-0.1, -0.05) is 349 Å². The molecule has 0 aliphatic heterocycles. The van der Waals surface area contributed by atoms with Gasteiger partial charge in [0.05, 0.1) is 26.4 Å². The number of aliphatic hydroxyl groups is 1. The van der Waals surface area contributed by atoms with Gasteiger partial charge in [-0.05, 0) is 25.7 Å². The average Bonchev–Trinajstić information content (AvgIpc) is 1.39. The predicted octanol–water partition coefficient (Wildman–Crippen LogP) is 22.2. The number of aliphatic hydroxyl groups excluding tert-OH is 1. The minimum absolute atomic E-state index is 0.107. The van der Waals surface area contributed by atoms with E-state index in [0.29, 0.717) is 25.7 Å². The molecule has 558 valence electrons. The molecule has 3 N–H and O–H groups in total. The fourth-order valence-electron chi connectivity index (χ4n) is 11.6. The van der Waals surface area contributed by atoms with Crippen LogP contribution in [0.1, 0.15) is 400 Å². The summed E-state index contributed by atoms with van der Waals surface area (Å²) in [5.41, 5.74) is 0. The third-order valence-corrected chi connectivity index (χ3v) is 19.5. The van der Waals surface area contributed by atoms with E-state index in [2.05, 4.69) is 27.7 Å². The summed E-state index contributed by atoms with van der Waals surface area (Å²) in [5, 5.41) is 10.6. The van der Waals surface area contributed by atoms with Crippen LogP contribution in [0.2, 0.25) is 0 Å². The zero-order chi connectivity index (χ0) is 69.0. The first-order valence-corrected chi connectivity index (χ1v) is 42.3. The van der Waals surface area contributed by atoms with Gasteiger partial charge in [-0.3, -0.25) is 37.3 Å². The Morgan fingerprint density at radius 3 is 0.628 bits per heavy atom. The largest absolute Gasteiger partial charge is 0.472 e. The molecule has 0 bridgehead atoms. The lowest BCUT2D eigenvalue weighted by Crippen LogP contribution is -2.30. The Hall–Kier alpha value is -1.94. The lowest BCUT2D eigenvalue weighted by atomic mass is 10.0. The second kappa shape index (κ2) is 69.5. The van der Waals surface area contributed by atoms with Crippen molar-refractivity contribution in [2.45, 2.75) is 418 Å². The molecule has 2 unspecified atom stereocenters. The maximum atomic E-state index is 13.1. The van der Waals surface area contributed by atoms with Crippen molar-refractivity contribution in [3.05, 3.63) is 0 Å². The monoisotopic (exact) mass is 1380 g/mol. The standard InChI is InChI=1S/C75H146O17P2/c1-5-9-13-17-21-25-28-30-32-34-35-36-38-40-43-46-50-54-58-62-75(80)92-71(66-86-73(78)60-56-52-48-44-42-39-37-33-31-29-26-22-18-14-10-6-2)68-90-94(83,84)88-64-69(76)63-87-93(81,82)89-67-70(65-85-72(77)59-55-51-47-24-20-16-12-8-4)91-74(79)61-57-53-49-45-41-27-23-19-15-11-7-3/h69-71,76H,5-68H2,1-4H3,(H,81,82)(H,83,84)/t69-,70+,71+/m0/s1. The number of rotatable bonds is 76. The fraction of sp³-hybridized carbons (Fsp3) is 0.947. The SMILES string of the molecule is CCCCCCCCCCCCCCCCCCCCCC(=O)O[C@H](COC(=O)CCCCCCCCCCCCCCCCCC)COP(=O)(O)OC[C@@H](O)COP(=O)(O)OC[C@@H](COC(=O)CCCCCCCCCC)OC(=O)CCCCCCCCCCCCC. The van der Waals surface area contributed by atoms with E-state index in [-0.39, 0.29) is 25.7 Å². The van der Waals surface area contributed by atoms with Gasteiger partial charge in [0.1, 0.15) is 19.3 Å². The molecule has 0 aliphatic carbocycles. The van der Waals surface area contributed by atoms with Crippen molar-refractivity contribution in [3.63, 3.8) is 0 Å². The highest BCUT2D eigenvalue weighted by molar-refractivity contribution is 7.47. The van der Waals surface area contributed by atoms with Gasteiger partial charge in [-0.25, -0.2) is 9.13 Å². The number of ether oxygens (including phenoxy) is 4. The predicted molar refractivity (Wildman–Crippen MR) is 382 cm³/mol. The van der Waals surface area contributed by atoms with Gasteiger partial charge in [-0.15, -0.1) is 0 Å². The number of carbonyl (C=O) groups is 4. The molecular formula is C75H146O17P2. The van der Waals surface area contributed by atoms with E-state index in [9.17, 15) is 43.2 Å². The van der Waals surface area contributed by atoms with Gasteiger partial charge >= 0.3 is 39.5 Å². The van der Waals surface area contributed by atoms with E-state index in [1.165, 1.54) is 225 Å². The Kier molecular flexibility index (Phi) is 68.1. The van der Waals surface area contributed by atoms with Gasteiger partial charge in [-0.2, -0.15) is 0 Å². The number of phosphoric acid groups is 2. The Morgan fingerprint density at radius 1 is 0.255 bits per heavy atom. The van der Waals surface area contributed by atoms with Crippen molar-refractivity contribution in [1.29, 1.82) is 0 Å². The molecule has 19 heteroatoms. The van der Waals surface area contributed by atoms with Crippen LogP contribution < -0.4 is 0 Å². The number of esters is 4. The molecule has 0 spiro atoms. The number of unbranched alkanes of at least 4 members (excludes halogenated alkanes) is 50. The first kappa shape index (κ1) is 92.1. The summed E-state index contributed by atoms with van der Waals surface area (Å²) in [6.07, 6.45) is 59.7. The molecule has 0 aromatic heterocycles. The third kappa shape index (κ3) is 68.6. The van der Waals surface area contributed by atoms with Crippen LogP contribution in [-0.2, 0) is 65.4 Å². The molecule has 0 saturated carbocycles. The number of carbonyl (C=O) groups excluding carboxylic acids is 4. The highest BCUT2D eigenvalue weighted by Gasteiger charge is 2.30. The summed E-state index contributed by atoms with van der Waals surface area (Å²) in [6.45, 7) is 4.95. The minimum Gasteiger partial charge on any atom is -0.462 e. The quantitative estimate of drug-likeness (QED) is 0.0222. The average molecular weight is 1380 g/mol. The number of hydrogen-bond acceptors (Lipinski definition) is 15. The second-order valence-electron chi connectivity index (χ2n) is 27.0. The number of hydrogen-bond donors (Lipinski definition) is 3. The number of phosphoric ester groups is 2. The van der Waals surface area contributed by atoms with Crippen LogP contribution in [0, 0.1) is 0 Å². The first-order valence-electron chi connectivity index (χ1n) is 39.3.